The van der Waals surface area contributed by atoms with Crippen LogP contribution in [-0.4, -0.2) is 26.2 Å². The van der Waals surface area contributed by atoms with Crippen LogP contribution >= 0.6 is 11.6 Å². The van der Waals surface area contributed by atoms with Crippen molar-refractivity contribution < 1.29 is 9.53 Å². The first-order chi connectivity index (χ1) is 13.2. The Labute approximate surface area is 165 Å². The molecular formula is C21H26ClN3O2. The highest BCUT2D eigenvalue weighted by molar-refractivity contribution is 6.33. The molecule has 1 heterocycles. The molecule has 1 aliphatic heterocycles. The molecule has 1 aliphatic rings. The summed E-state index contributed by atoms with van der Waals surface area (Å²) >= 11 is 6.45. The van der Waals surface area contributed by atoms with Crippen molar-refractivity contribution in [2.24, 2.45) is 0 Å². The first-order valence-corrected chi connectivity index (χ1v) is 9.70. The van der Waals surface area contributed by atoms with Gasteiger partial charge in [-0.3, -0.25) is 0 Å². The summed E-state index contributed by atoms with van der Waals surface area (Å²) in [6.07, 6.45) is 3.67. The quantitative estimate of drug-likeness (QED) is 0.748. The number of halogens is 1. The normalized spacial score (nSPS) is 14.1. The Morgan fingerprint density at radius 2 is 1.85 bits per heavy atom. The summed E-state index contributed by atoms with van der Waals surface area (Å²) in [5, 5.41) is 6.40. The monoisotopic (exact) mass is 387 g/mol. The fourth-order valence-corrected chi connectivity index (χ4v) is 3.65. The van der Waals surface area contributed by atoms with Crippen LogP contribution in [0.2, 0.25) is 5.02 Å². The lowest BCUT2D eigenvalue weighted by Crippen LogP contribution is -2.30. The summed E-state index contributed by atoms with van der Waals surface area (Å²) in [5.74, 6) is 0. The van der Waals surface area contributed by atoms with Crippen LogP contribution in [0.15, 0.2) is 42.5 Å². The van der Waals surface area contributed by atoms with Gasteiger partial charge in [0.1, 0.15) is 0 Å². The lowest BCUT2D eigenvalue weighted by Gasteiger charge is -2.29. The van der Waals surface area contributed by atoms with Gasteiger partial charge in [0.15, 0.2) is 0 Å². The number of carbonyl (C=O) groups excluding carboxylic acids is 1. The fourth-order valence-electron chi connectivity index (χ4n) is 3.35. The first-order valence-electron chi connectivity index (χ1n) is 9.32. The summed E-state index contributed by atoms with van der Waals surface area (Å²) in [4.78, 5) is 14.6. The molecule has 5 nitrogen and oxygen atoms in total. The van der Waals surface area contributed by atoms with E-state index in [1.165, 1.54) is 19.3 Å². The van der Waals surface area contributed by atoms with Gasteiger partial charge >= 0.3 is 6.03 Å². The molecular weight excluding hydrogens is 362 g/mol. The van der Waals surface area contributed by atoms with E-state index in [9.17, 15) is 4.79 Å². The second kappa shape index (κ2) is 9.62. The average Bonchev–Trinajstić information content (AvgIpc) is 2.68. The van der Waals surface area contributed by atoms with Crippen molar-refractivity contribution in [2.45, 2.75) is 32.4 Å². The molecule has 2 aromatic rings. The molecule has 1 saturated heterocycles. The number of methoxy groups -OCH3 is 1. The molecule has 2 aromatic carbocycles. The minimum Gasteiger partial charge on any atom is -0.380 e. The number of hydrogen-bond donors (Lipinski definition) is 2. The van der Waals surface area contributed by atoms with Crippen molar-refractivity contribution in [2.75, 3.05) is 30.4 Å². The number of benzene rings is 2. The number of rotatable bonds is 6. The summed E-state index contributed by atoms with van der Waals surface area (Å²) < 4.78 is 5.20. The van der Waals surface area contributed by atoms with Crippen molar-refractivity contribution in [1.82, 2.24) is 5.32 Å². The molecule has 0 aromatic heterocycles. The second-order valence-electron chi connectivity index (χ2n) is 6.72. The molecule has 27 heavy (non-hydrogen) atoms. The molecule has 0 atom stereocenters. The molecule has 1 fully saturated rings. The van der Waals surface area contributed by atoms with Gasteiger partial charge in [-0.05, 0) is 48.6 Å². The zero-order chi connectivity index (χ0) is 19.1. The van der Waals surface area contributed by atoms with Crippen molar-refractivity contribution in [3.63, 3.8) is 0 Å². The number of carbonyl (C=O) groups is 1. The van der Waals surface area contributed by atoms with E-state index >= 15 is 0 Å². The standard InChI is InChI=1S/C21H26ClN3O2/c1-27-15-17-8-4-3-7-16(17)14-23-21(26)24-18-9-10-20(19(22)13-18)25-11-5-2-6-12-25/h3-4,7-10,13H,2,5-6,11-12,14-15H2,1H3,(H2,23,24,26). The van der Waals surface area contributed by atoms with E-state index in [-0.39, 0.29) is 6.03 Å². The smallest absolute Gasteiger partial charge is 0.319 e. The average molecular weight is 388 g/mol. The molecule has 0 bridgehead atoms. The van der Waals surface area contributed by atoms with Crippen molar-refractivity contribution in [3.8, 4) is 0 Å². The van der Waals surface area contributed by atoms with Gasteiger partial charge in [0.2, 0.25) is 0 Å². The van der Waals surface area contributed by atoms with Gasteiger partial charge in [-0.2, -0.15) is 0 Å². The van der Waals surface area contributed by atoms with Gasteiger partial charge in [0, 0.05) is 32.4 Å². The number of hydrogen-bond acceptors (Lipinski definition) is 3. The highest BCUT2D eigenvalue weighted by Gasteiger charge is 2.14. The van der Waals surface area contributed by atoms with E-state index in [1.807, 2.05) is 42.5 Å². The second-order valence-corrected chi connectivity index (χ2v) is 7.13. The first kappa shape index (κ1) is 19.5. The Bertz CT molecular complexity index is 776. The Balaban J connectivity index is 1.57. The Morgan fingerprint density at radius 3 is 2.56 bits per heavy atom. The van der Waals surface area contributed by atoms with Gasteiger partial charge in [-0.1, -0.05) is 35.9 Å². The van der Waals surface area contributed by atoms with Crippen LogP contribution < -0.4 is 15.5 Å². The molecule has 0 radical (unpaired) electrons. The van der Waals surface area contributed by atoms with Crippen molar-refractivity contribution in [3.05, 3.63) is 58.6 Å². The largest absolute Gasteiger partial charge is 0.380 e. The number of anilines is 2. The number of ether oxygens (including phenoxy) is 1. The number of nitrogens with zero attached hydrogens (tertiary/aromatic N) is 1. The third-order valence-corrected chi connectivity index (χ3v) is 5.06. The predicted molar refractivity (Wildman–Crippen MR) is 111 cm³/mol. The molecule has 3 rings (SSSR count). The van der Waals surface area contributed by atoms with E-state index in [4.69, 9.17) is 16.3 Å². The number of urea groups is 1. The molecule has 0 spiro atoms. The van der Waals surface area contributed by atoms with Gasteiger partial charge in [-0.25, -0.2) is 4.79 Å². The van der Waals surface area contributed by atoms with Crippen LogP contribution in [0.4, 0.5) is 16.2 Å². The highest BCUT2D eigenvalue weighted by atomic mass is 35.5. The summed E-state index contributed by atoms with van der Waals surface area (Å²) in [7, 11) is 1.66. The van der Waals surface area contributed by atoms with Crippen molar-refractivity contribution >= 4 is 29.0 Å². The van der Waals surface area contributed by atoms with E-state index < -0.39 is 0 Å². The van der Waals surface area contributed by atoms with Crippen LogP contribution in [0, 0.1) is 0 Å². The number of piperidine rings is 1. The molecule has 2 N–H and O–H groups in total. The summed E-state index contributed by atoms with van der Waals surface area (Å²) in [6, 6.07) is 13.3. The fraction of sp³-hybridized carbons (Fsp3) is 0.381. The maximum atomic E-state index is 12.2. The van der Waals surface area contributed by atoms with Gasteiger partial charge < -0.3 is 20.3 Å². The van der Waals surface area contributed by atoms with Crippen LogP contribution in [0.3, 0.4) is 0 Å². The van der Waals surface area contributed by atoms with E-state index in [2.05, 4.69) is 15.5 Å². The van der Waals surface area contributed by atoms with Gasteiger partial charge in [0.25, 0.3) is 0 Å². The molecule has 6 heteroatoms. The molecule has 0 saturated carbocycles. The third kappa shape index (κ3) is 5.37. The molecule has 0 aliphatic carbocycles. The Hall–Kier alpha value is -2.24. The maximum absolute atomic E-state index is 12.2. The lowest BCUT2D eigenvalue weighted by atomic mass is 10.1. The third-order valence-electron chi connectivity index (χ3n) is 4.76. The van der Waals surface area contributed by atoms with Crippen LogP contribution in [-0.2, 0) is 17.9 Å². The Kier molecular flexibility index (Phi) is 6.96. The summed E-state index contributed by atoms with van der Waals surface area (Å²) in [5.41, 5.74) is 3.82. The zero-order valence-corrected chi connectivity index (χ0v) is 16.4. The summed E-state index contributed by atoms with van der Waals surface area (Å²) in [6.45, 7) is 3.03. The van der Waals surface area contributed by atoms with Crippen LogP contribution in [0.1, 0.15) is 30.4 Å². The van der Waals surface area contributed by atoms with Gasteiger partial charge in [-0.15, -0.1) is 0 Å². The Morgan fingerprint density at radius 1 is 1.11 bits per heavy atom. The van der Waals surface area contributed by atoms with Gasteiger partial charge in [0.05, 0.1) is 17.3 Å². The lowest BCUT2D eigenvalue weighted by molar-refractivity contribution is 0.184. The highest BCUT2D eigenvalue weighted by Crippen LogP contribution is 2.30. The van der Waals surface area contributed by atoms with Crippen molar-refractivity contribution in [1.29, 1.82) is 0 Å². The number of nitrogens with one attached hydrogen (secondary N) is 2. The minimum absolute atomic E-state index is 0.260. The SMILES string of the molecule is COCc1ccccc1CNC(=O)Nc1ccc(N2CCCCC2)c(Cl)c1. The molecule has 0 unspecified atom stereocenters. The minimum atomic E-state index is -0.260. The maximum Gasteiger partial charge on any atom is 0.319 e. The van der Waals surface area contributed by atoms with Crippen LogP contribution in [0.25, 0.3) is 0 Å². The van der Waals surface area contributed by atoms with E-state index in [0.717, 1.165) is 29.9 Å². The zero-order valence-electron chi connectivity index (χ0n) is 15.6. The van der Waals surface area contributed by atoms with E-state index in [1.54, 1.807) is 7.11 Å². The molecule has 2 amide bonds. The molecule has 144 valence electrons. The number of amides is 2. The van der Waals surface area contributed by atoms with Crippen LogP contribution in [0.5, 0.6) is 0 Å². The predicted octanol–water partition coefficient (Wildman–Crippen LogP) is 4.80. The topological polar surface area (TPSA) is 53.6 Å². The van der Waals surface area contributed by atoms with E-state index in [0.29, 0.717) is 23.9 Å².